The van der Waals surface area contributed by atoms with Crippen LogP contribution in [0.2, 0.25) is 5.04 Å². The van der Waals surface area contributed by atoms with Crippen LogP contribution in [0.4, 0.5) is 13.2 Å². The molecule has 0 aliphatic heterocycles. The van der Waals surface area contributed by atoms with Gasteiger partial charge in [0.25, 0.3) is 8.32 Å². The first-order valence-corrected chi connectivity index (χ1v) is 11.0. The van der Waals surface area contributed by atoms with E-state index in [1.54, 1.807) is 0 Å². The van der Waals surface area contributed by atoms with Gasteiger partial charge in [0.2, 0.25) is 0 Å². The SMILES string of the molecule is C/C(=C/CCO[Si](c1ccccc1)(c1ccccc1)C(C)(C)C)C(F)(F)F. The summed E-state index contributed by atoms with van der Waals surface area (Å²) in [6.07, 6.45) is -2.83. The van der Waals surface area contributed by atoms with Crippen LogP contribution in [0.3, 0.4) is 0 Å². The Hall–Kier alpha value is -1.85. The Morgan fingerprint density at radius 2 is 1.33 bits per heavy atom. The highest BCUT2D eigenvalue weighted by molar-refractivity contribution is 6.99. The Bertz CT molecular complexity index is 707. The average Bonchev–Trinajstić information content (AvgIpc) is 2.61. The molecule has 0 spiro atoms. The molecule has 2 rings (SSSR count). The average molecular weight is 393 g/mol. The van der Waals surface area contributed by atoms with Gasteiger partial charge in [-0.3, -0.25) is 0 Å². The van der Waals surface area contributed by atoms with Crippen molar-refractivity contribution in [3.05, 3.63) is 72.3 Å². The smallest absolute Gasteiger partial charge is 0.407 e. The first-order valence-electron chi connectivity index (χ1n) is 9.08. The number of halogens is 3. The van der Waals surface area contributed by atoms with E-state index in [1.807, 2.05) is 36.4 Å². The van der Waals surface area contributed by atoms with E-state index >= 15 is 0 Å². The lowest BCUT2D eigenvalue weighted by Gasteiger charge is -2.43. The Morgan fingerprint density at radius 1 is 0.889 bits per heavy atom. The van der Waals surface area contributed by atoms with Crippen molar-refractivity contribution in [1.82, 2.24) is 0 Å². The zero-order valence-corrected chi connectivity index (χ0v) is 17.3. The van der Waals surface area contributed by atoms with Gasteiger partial charge in [0.1, 0.15) is 0 Å². The molecule has 0 aromatic heterocycles. The highest BCUT2D eigenvalue weighted by Gasteiger charge is 2.49. The van der Waals surface area contributed by atoms with E-state index in [2.05, 4.69) is 45.0 Å². The van der Waals surface area contributed by atoms with E-state index in [4.69, 9.17) is 4.43 Å². The summed E-state index contributed by atoms with van der Waals surface area (Å²) in [4.78, 5) is 0. The molecule has 0 heterocycles. The van der Waals surface area contributed by atoms with Crippen LogP contribution in [-0.4, -0.2) is 21.1 Å². The van der Waals surface area contributed by atoms with Crippen molar-refractivity contribution < 1.29 is 17.6 Å². The fraction of sp³-hybridized carbons (Fsp3) is 0.364. The molecule has 0 bridgehead atoms. The van der Waals surface area contributed by atoms with Crippen LogP contribution in [0.5, 0.6) is 0 Å². The third kappa shape index (κ3) is 4.90. The Balaban J connectivity index is 2.41. The first kappa shape index (κ1) is 21.4. The molecular weight excluding hydrogens is 365 g/mol. The molecule has 0 amide bonds. The van der Waals surface area contributed by atoms with Gasteiger partial charge in [-0.25, -0.2) is 0 Å². The first-order chi connectivity index (χ1) is 12.6. The highest BCUT2D eigenvalue weighted by atomic mass is 28.4. The summed E-state index contributed by atoms with van der Waals surface area (Å²) in [5, 5.41) is 2.07. The molecule has 5 heteroatoms. The maximum Gasteiger partial charge on any atom is 0.412 e. The van der Waals surface area contributed by atoms with Crippen LogP contribution in [0.15, 0.2) is 72.3 Å². The molecule has 27 heavy (non-hydrogen) atoms. The van der Waals surface area contributed by atoms with E-state index in [0.29, 0.717) is 0 Å². The Labute approximate surface area is 161 Å². The van der Waals surface area contributed by atoms with Crippen molar-refractivity contribution in [2.45, 2.75) is 45.3 Å². The summed E-state index contributed by atoms with van der Waals surface area (Å²) < 4.78 is 44.7. The van der Waals surface area contributed by atoms with Crippen molar-refractivity contribution in [1.29, 1.82) is 0 Å². The van der Waals surface area contributed by atoms with Gasteiger partial charge in [-0.15, -0.1) is 0 Å². The largest absolute Gasteiger partial charge is 0.412 e. The van der Waals surface area contributed by atoms with Crippen LogP contribution in [0, 0.1) is 0 Å². The number of allylic oxidation sites excluding steroid dienone is 1. The van der Waals surface area contributed by atoms with Crippen LogP contribution >= 0.6 is 0 Å². The number of benzene rings is 2. The second-order valence-electron chi connectivity index (χ2n) is 7.69. The van der Waals surface area contributed by atoms with Gasteiger partial charge < -0.3 is 4.43 Å². The van der Waals surface area contributed by atoms with Crippen molar-refractivity contribution in [2.75, 3.05) is 6.61 Å². The maximum atomic E-state index is 12.7. The molecule has 0 saturated carbocycles. The fourth-order valence-corrected chi connectivity index (χ4v) is 7.94. The predicted molar refractivity (Wildman–Crippen MR) is 108 cm³/mol. The van der Waals surface area contributed by atoms with Crippen molar-refractivity contribution in [3.63, 3.8) is 0 Å². The molecule has 0 unspecified atom stereocenters. The number of hydrogen-bond acceptors (Lipinski definition) is 1. The van der Waals surface area contributed by atoms with E-state index in [9.17, 15) is 13.2 Å². The zero-order valence-electron chi connectivity index (χ0n) is 16.3. The van der Waals surface area contributed by atoms with E-state index in [1.165, 1.54) is 6.08 Å². The van der Waals surface area contributed by atoms with Crippen LogP contribution in [0.1, 0.15) is 34.1 Å². The molecule has 0 aliphatic rings. The molecule has 2 aromatic rings. The topological polar surface area (TPSA) is 9.23 Å². The third-order valence-corrected chi connectivity index (χ3v) is 9.79. The van der Waals surface area contributed by atoms with Gasteiger partial charge in [0, 0.05) is 12.2 Å². The van der Waals surface area contributed by atoms with Gasteiger partial charge in [0.05, 0.1) is 0 Å². The standard InChI is InChI=1S/C22H27F3OSi/c1-18(22(23,24)25)12-11-17-26-27(21(2,3)4,19-13-7-5-8-14-19)20-15-9-6-10-16-20/h5-10,12-16H,11,17H2,1-4H3/b18-12-. The molecule has 146 valence electrons. The van der Waals surface area contributed by atoms with Crippen LogP contribution in [-0.2, 0) is 4.43 Å². The molecule has 0 N–H and O–H groups in total. The van der Waals surface area contributed by atoms with Gasteiger partial charge in [-0.1, -0.05) is 87.5 Å². The van der Waals surface area contributed by atoms with Crippen molar-refractivity contribution >= 4 is 18.7 Å². The molecule has 0 fully saturated rings. The molecule has 0 radical (unpaired) electrons. The molecular formula is C22H27F3OSi. The fourth-order valence-electron chi connectivity index (χ4n) is 3.36. The molecule has 2 aromatic carbocycles. The van der Waals surface area contributed by atoms with Crippen LogP contribution < -0.4 is 10.4 Å². The maximum absolute atomic E-state index is 12.7. The minimum absolute atomic E-state index is 0.182. The monoisotopic (exact) mass is 392 g/mol. The van der Waals surface area contributed by atoms with Crippen molar-refractivity contribution in [3.8, 4) is 0 Å². The summed E-state index contributed by atoms with van der Waals surface area (Å²) in [5.41, 5.74) is -0.575. The Morgan fingerprint density at radius 3 is 1.70 bits per heavy atom. The summed E-state index contributed by atoms with van der Waals surface area (Å²) >= 11 is 0. The van der Waals surface area contributed by atoms with Gasteiger partial charge in [-0.05, 0) is 28.8 Å². The van der Waals surface area contributed by atoms with E-state index < -0.39 is 20.1 Å². The quantitative estimate of drug-likeness (QED) is 0.360. The zero-order chi connectivity index (χ0) is 20.1. The predicted octanol–water partition coefficient (Wildman–Crippen LogP) is 5.46. The summed E-state index contributed by atoms with van der Waals surface area (Å²) in [5.74, 6) is 0. The van der Waals surface area contributed by atoms with E-state index in [-0.39, 0.29) is 18.1 Å². The third-order valence-electron chi connectivity index (χ3n) is 4.75. The molecule has 1 nitrogen and oxygen atoms in total. The number of hydrogen-bond donors (Lipinski definition) is 0. The van der Waals surface area contributed by atoms with E-state index in [0.717, 1.165) is 17.3 Å². The lowest BCUT2D eigenvalue weighted by molar-refractivity contribution is -0.0916. The molecule has 0 atom stereocenters. The minimum Gasteiger partial charge on any atom is -0.407 e. The minimum atomic E-state index is -4.28. The summed E-state index contributed by atoms with van der Waals surface area (Å²) in [6.45, 7) is 7.80. The second kappa shape index (κ2) is 8.44. The number of rotatable bonds is 6. The van der Waals surface area contributed by atoms with Gasteiger partial charge >= 0.3 is 6.18 Å². The Kier molecular flexibility index (Phi) is 6.71. The van der Waals surface area contributed by atoms with Crippen LogP contribution in [0.25, 0.3) is 0 Å². The normalized spacial score (nSPS) is 13.7. The van der Waals surface area contributed by atoms with Gasteiger partial charge in [0.15, 0.2) is 0 Å². The second-order valence-corrected chi connectivity index (χ2v) is 12.0. The lowest BCUT2D eigenvalue weighted by atomic mass is 10.2. The number of alkyl halides is 3. The highest BCUT2D eigenvalue weighted by Crippen LogP contribution is 2.36. The summed E-state index contributed by atoms with van der Waals surface area (Å²) in [6, 6.07) is 20.2. The van der Waals surface area contributed by atoms with Crippen molar-refractivity contribution in [2.24, 2.45) is 0 Å². The molecule has 0 saturated heterocycles. The van der Waals surface area contributed by atoms with Gasteiger partial charge in [-0.2, -0.15) is 13.2 Å². The molecule has 0 aliphatic carbocycles. The lowest BCUT2D eigenvalue weighted by Crippen LogP contribution is -2.66. The summed E-state index contributed by atoms with van der Waals surface area (Å²) in [7, 11) is -2.68.